The molecule has 0 spiro atoms. The molecule has 4 nitrogen and oxygen atoms in total. The maximum atomic E-state index is 13.4. The molecule has 20 heavy (non-hydrogen) atoms. The van der Waals surface area contributed by atoms with E-state index >= 15 is 0 Å². The second-order valence-electron chi connectivity index (χ2n) is 3.99. The van der Waals surface area contributed by atoms with Gasteiger partial charge in [0.2, 0.25) is 0 Å². The highest BCUT2D eigenvalue weighted by molar-refractivity contribution is 5.96. The van der Waals surface area contributed by atoms with Crippen LogP contribution in [0.1, 0.15) is 29.3 Å². The summed E-state index contributed by atoms with van der Waals surface area (Å²) in [5.74, 6) is 4.59. The van der Waals surface area contributed by atoms with Crippen LogP contribution in [0.5, 0.6) is 0 Å². The second kappa shape index (κ2) is 7.93. The minimum atomic E-state index is -0.497. The van der Waals surface area contributed by atoms with Gasteiger partial charge in [0.15, 0.2) is 0 Å². The predicted molar refractivity (Wildman–Crippen MR) is 74.1 cm³/mol. The molecule has 0 fully saturated rings. The normalized spacial score (nSPS) is 9.30. The standard InChI is InChI=1S/C15H16FN3O/c1-2-19(10-4-9-18)15(20)14-11-13(16)7-6-12(14)5-3-8-17/h6-7,11H,2,4,8,10,17H2,1H3. The maximum Gasteiger partial charge on any atom is 0.255 e. The molecular formula is C15H16FN3O. The zero-order valence-corrected chi connectivity index (χ0v) is 11.3. The molecule has 0 saturated carbocycles. The maximum absolute atomic E-state index is 13.4. The first kappa shape index (κ1) is 15.7. The summed E-state index contributed by atoms with van der Waals surface area (Å²) < 4.78 is 13.4. The van der Waals surface area contributed by atoms with Crippen molar-refractivity contribution in [2.24, 2.45) is 5.73 Å². The average molecular weight is 273 g/mol. The van der Waals surface area contributed by atoms with E-state index in [9.17, 15) is 9.18 Å². The van der Waals surface area contributed by atoms with Crippen LogP contribution in [0.25, 0.3) is 0 Å². The van der Waals surface area contributed by atoms with Gasteiger partial charge in [0.25, 0.3) is 5.91 Å². The van der Waals surface area contributed by atoms with Gasteiger partial charge in [-0.3, -0.25) is 4.79 Å². The van der Waals surface area contributed by atoms with Gasteiger partial charge in [-0.25, -0.2) is 4.39 Å². The van der Waals surface area contributed by atoms with Gasteiger partial charge < -0.3 is 10.6 Å². The third kappa shape index (κ3) is 4.08. The Labute approximate surface area is 118 Å². The van der Waals surface area contributed by atoms with Crippen LogP contribution < -0.4 is 5.73 Å². The lowest BCUT2D eigenvalue weighted by molar-refractivity contribution is 0.0767. The van der Waals surface area contributed by atoms with Gasteiger partial charge in [0, 0.05) is 18.7 Å². The summed E-state index contributed by atoms with van der Waals surface area (Å²) in [4.78, 5) is 13.9. The van der Waals surface area contributed by atoms with Crippen LogP contribution >= 0.6 is 0 Å². The molecule has 1 amide bonds. The van der Waals surface area contributed by atoms with E-state index in [0.717, 1.165) is 6.07 Å². The van der Waals surface area contributed by atoms with Crippen molar-refractivity contribution in [1.29, 1.82) is 5.26 Å². The molecule has 5 heteroatoms. The van der Waals surface area contributed by atoms with Crippen molar-refractivity contribution in [1.82, 2.24) is 4.90 Å². The molecule has 0 bridgehead atoms. The molecule has 0 aliphatic rings. The topological polar surface area (TPSA) is 70.1 Å². The van der Waals surface area contributed by atoms with E-state index in [2.05, 4.69) is 11.8 Å². The number of rotatable bonds is 4. The van der Waals surface area contributed by atoms with Gasteiger partial charge in [0.05, 0.1) is 24.6 Å². The van der Waals surface area contributed by atoms with Crippen molar-refractivity contribution in [2.45, 2.75) is 13.3 Å². The van der Waals surface area contributed by atoms with Crippen molar-refractivity contribution in [2.75, 3.05) is 19.6 Å². The summed E-state index contributed by atoms with van der Waals surface area (Å²) in [6.07, 6.45) is 0.235. The van der Waals surface area contributed by atoms with E-state index in [1.165, 1.54) is 17.0 Å². The fourth-order valence-electron chi connectivity index (χ4n) is 1.71. The van der Waals surface area contributed by atoms with Crippen LogP contribution in [-0.2, 0) is 0 Å². The number of nitriles is 1. The summed E-state index contributed by atoms with van der Waals surface area (Å²) in [5.41, 5.74) is 5.95. The number of hydrogen-bond acceptors (Lipinski definition) is 3. The summed E-state index contributed by atoms with van der Waals surface area (Å²) in [7, 11) is 0. The van der Waals surface area contributed by atoms with Gasteiger partial charge in [-0.1, -0.05) is 11.8 Å². The number of carbonyl (C=O) groups excluding carboxylic acids is 1. The summed E-state index contributed by atoms with van der Waals surface area (Å²) >= 11 is 0. The molecule has 0 aliphatic carbocycles. The smallest absolute Gasteiger partial charge is 0.255 e. The minimum absolute atomic E-state index is 0.164. The van der Waals surface area contributed by atoms with E-state index in [4.69, 9.17) is 11.0 Å². The molecule has 0 aromatic heterocycles. The lowest BCUT2D eigenvalue weighted by atomic mass is 10.1. The Bertz CT molecular complexity index is 581. The first-order chi connectivity index (χ1) is 9.63. The molecule has 0 atom stereocenters. The molecule has 1 aromatic rings. The van der Waals surface area contributed by atoms with E-state index < -0.39 is 5.82 Å². The molecule has 0 unspecified atom stereocenters. The minimum Gasteiger partial charge on any atom is -0.338 e. The number of carbonyl (C=O) groups is 1. The molecular weight excluding hydrogens is 257 g/mol. The lowest BCUT2D eigenvalue weighted by Gasteiger charge is -2.20. The number of amides is 1. The second-order valence-corrected chi connectivity index (χ2v) is 3.99. The summed E-state index contributed by atoms with van der Waals surface area (Å²) in [5, 5.41) is 8.59. The van der Waals surface area contributed by atoms with Gasteiger partial charge in [0.1, 0.15) is 5.82 Å². The van der Waals surface area contributed by atoms with Crippen molar-refractivity contribution in [3.8, 4) is 17.9 Å². The number of nitrogens with zero attached hydrogens (tertiary/aromatic N) is 2. The molecule has 0 radical (unpaired) electrons. The Kier molecular flexibility index (Phi) is 6.22. The van der Waals surface area contributed by atoms with E-state index in [0.29, 0.717) is 18.7 Å². The quantitative estimate of drug-likeness (QED) is 0.845. The Balaban J connectivity index is 3.12. The number of hydrogen-bond donors (Lipinski definition) is 1. The highest BCUT2D eigenvalue weighted by Crippen LogP contribution is 2.13. The highest BCUT2D eigenvalue weighted by Gasteiger charge is 2.17. The van der Waals surface area contributed by atoms with Gasteiger partial charge in [-0.05, 0) is 25.1 Å². The van der Waals surface area contributed by atoms with Gasteiger partial charge in [-0.15, -0.1) is 0 Å². The zero-order valence-electron chi connectivity index (χ0n) is 11.3. The zero-order chi connectivity index (χ0) is 15.0. The highest BCUT2D eigenvalue weighted by atomic mass is 19.1. The third-order valence-corrected chi connectivity index (χ3v) is 2.70. The van der Waals surface area contributed by atoms with Crippen LogP contribution in [0.3, 0.4) is 0 Å². The van der Waals surface area contributed by atoms with Crippen LogP contribution in [-0.4, -0.2) is 30.4 Å². The van der Waals surface area contributed by atoms with Crippen LogP contribution in [0.2, 0.25) is 0 Å². The molecule has 1 rings (SSSR count). The van der Waals surface area contributed by atoms with Crippen molar-refractivity contribution < 1.29 is 9.18 Å². The van der Waals surface area contributed by atoms with Crippen LogP contribution in [0.4, 0.5) is 4.39 Å². The fraction of sp³-hybridized carbons (Fsp3) is 0.333. The van der Waals surface area contributed by atoms with Crippen molar-refractivity contribution in [3.05, 3.63) is 35.1 Å². The van der Waals surface area contributed by atoms with Gasteiger partial charge >= 0.3 is 0 Å². The largest absolute Gasteiger partial charge is 0.338 e. The Hall–Kier alpha value is -2.37. The van der Waals surface area contributed by atoms with E-state index in [1.54, 1.807) is 6.92 Å². The number of benzene rings is 1. The van der Waals surface area contributed by atoms with E-state index in [1.807, 2.05) is 6.07 Å². The Morgan fingerprint density at radius 3 is 2.85 bits per heavy atom. The predicted octanol–water partition coefficient (Wildman–Crippen LogP) is 1.51. The van der Waals surface area contributed by atoms with Crippen LogP contribution in [0.15, 0.2) is 18.2 Å². The molecule has 0 saturated heterocycles. The number of nitrogens with two attached hydrogens (primary N) is 1. The van der Waals surface area contributed by atoms with E-state index in [-0.39, 0.29) is 24.4 Å². The average Bonchev–Trinajstić information content (AvgIpc) is 2.46. The van der Waals surface area contributed by atoms with Crippen molar-refractivity contribution >= 4 is 5.91 Å². The molecule has 0 aliphatic heterocycles. The molecule has 104 valence electrons. The Morgan fingerprint density at radius 1 is 1.50 bits per heavy atom. The Morgan fingerprint density at radius 2 is 2.25 bits per heavy atom. The fourth-order valence-corrected chi connectivity index (χ4v) is 1.71. The monoisotopic (exact) mass is 273 g/mol. The molecule has 2 N–H and O–H groups in total. The first-order valence-electron chi connectivity index (χ1n) is 6.28. The SMILES string of the molecule is CCN(CCC#N)C(=O)c1cc(F)ccc1C#CCN. The first-order valence-corrected chi connectivity index (χ1v) is 6.28. The van der Waals surface area contributed by atoms with Gasteiger partial charge in [-0.2, -0.15) is 5.26 Å². The number of halogens is 1. The molecule has 1 aromatic carbocycles. The summed E-state index contributed by atoms with van der Waals surface area (Å²) in [6.45, 7) is 2.73. The lowest BCUT2D eigenvalue weighted by Crippen LogP contribution is -2.32. The summed E-state index contributed by atoms with van der Waals surface area (Å²) in [6, 6.07) is 5.87. The van der Waals surface area contributed by atoms with Crippen LogP contribution in [0, 0.1) is 29.0 Å². The molecule has 0 heterocycles. The van der Waals surface area contributed by atoms with Crippen molar-refractivity contribution in [3.63, 3.8) is 0 Å². The third-order valence-electron chi connectivity index (χ3n) is 2.70.